The highest BCUT2D eigenvalue weighted by Crippen LogP contribution is 2.18. The number of aryl methyl sites for hydroxylation is 1. The minimum absolute atomic E-state index is 0.0612. The zero-order valence-corrected chi connectivity index (χ0v) is 12.6. The molecule has 112 valence electrons. The number of nitrogens with zero attached hydrogens (tertiary/aromatic N) is 2. The van der Waals surface area contributed by atoms with Gasteiger partial charge >= 0.3 is 0 Å². The summed E-state index contributed by atoms with van der Waals surface area (Å²) in [5.74, 6) is 0.0612. The Morgan fingerprint density at radius 3 is 2.50 bits per heavy atom. The van der Waals surface area contributed by atoms with Gasteiger partial charge in [-0.1, -0.05) is 32.1 Å². The molecule has 2 rings (SSSR count). The highest BCUT2D eigenvalue weighted by molar-refractivity contribution is 5.83. The van der Waals surface area contributed by atoms with E-state index in [2.05, 4.69) is 15.7 Å². The van der Waals surface area contributed by atoms with E-state index in [-0.39, 0.29) is 11.9 Å². The van der Waals surface area contributed by atoms with Gasteiger partial charge in [-0.05, 0) is 19.9 Å². The number of rotatable bonds is 4. The molecule has 1 unspecified atom stereocenters. The molecule has 1 fully saturated rings. The van der Waals surface area contributed by atoms with E-state index < -0.39 is 0 Å². The summed E-state index contributed by atoms with van der Waals surface area (Å²) in [6.45, 7) is 0. The monoisotopic (exact) mass is 278 g/mol. The van der Waals surface area contributed by atoms with Gasteiger partial charge in [0.05, 0.1) is 6.20 Å². The average Bonchev–Trinajstić information content (AvgIpc) is 2.80. The summed E-state index contributed by atoms with van der Waals surface area (Å²) in [6.07, 6.45) is 12.2. The van der Waals surface area contributed by atoms with Crippen LogP contribution < -0.4 is 10.6 Å². The predicted molar refractivity (Wildman–Crippen MR) is 79.3 cm³/mol. The van der Waals surface area contributed by atoms with E-state index >= 15 is 0 Å². The van der Waals surface area contributed by atoms with Gasteiger partial charge in [-0.25, -0.2) is 0 Å². The van der Waals surface area contributed by atoms with Crippen LogP contribution in [0.25, 0.3) is 0 Å². The smallest absolute Gasteiger partial charge is 0.242 e. The third-order valence-electron chi connectivity index (χ3n) is 4.06. The Morgan fingerprint density at radius 1 is 1.30 bits per heavy atom. The second-order valence-corrected chi connectivity index (χ2v) is 5.72. The summed E-state index contributed by atoms with van der Waals surface area (Å²) < 4.78 is 1.72. The first-order chi connectivity index (χ1) is 9.70. The van der Waals surface area contributed by atoms with Crippen LogP contribution in [-0.4, -0.2) is 28.8 Å². The number of likely N-dealkylation sites (N-methyl/N-ethyl adjacent to an activating group) is 1. The molecule has 5 heteroatoms. The summed E-state index contributed by atoms with van der Waals surface area (Å²) in [7, 11) is 3.68. The molecule has 0 aromatic carbocycles. The van der Waals surface area contributed by atoms with E-state index in [1.165, 1.54) is 32.1 Å². The molecule has 1 heterocycles. The number of carbonyl (C=O) groups is 1. The molecule has 20 heavy (non-hydrogen) atoms. The van der Waals surface area contributed by atoms with Gasteiger partial charge in [0.25, 0.3) is 0 Å². The number of nitrogens with one attached hydrogen (secondary N) is 2. The Labute approximate surface area is 121 Å². The topological polar surface area (TPSA) is 59.0 Å². The van der Waals surface area contributed by atoms with Gasteiger partial charge in [0.2, 0.25) is 5.91 Å². The molecule has 1 atom stereocenters. The maximum absolute atomic E-state index is 12.4. The summed E-state index contributed by atoms with van der Waals surface area (Å²) >= 11 is 0. The van der Waals surface area contributed by atoms with Crippen LogP contribution in [0.4, 0.5) is 0 Å². The standard InChI is InChI=1S/C15H26N4O/c1-16-14(12-10-17-19(2)11-12)15(20)18-13-8-6-4-3-5-7-9-13/h10-11,13-14,16H,3-9H2,1-2H3,(H,18,20). The van der Waals surface area contributed by atoms with E-state index in [4.69, 9.17) is 0 Å². The molecule has 5 nitrogen and oxygen atoms in total. The first kappa shape index (κ1) is 15.0. The lowest BCUT2D eigenvalue weighted by molar-refractivity contribution is -0.124. The van der Waals surface area contributed by atoms with Gasteiger partial charge in [-0.15, -0.1) is 0 Å². The lowest BCUT2D eigenvalue weighted by atomic mass is 9.96. The zero-order chi connectivity index (χ0) is 14.4. The summed E-state index contributed by atoms with van der Waals surface area (Å²) in [4.78, 5) is 12.4. The van der Waals surface area contributed by atoms with Crippen LogP contribution in [0, 0.1) is 0 Å². The molecule has 1 aromatic rings. The lowest BCUT2D eigenvalue weighted by Gasteiger charge is -2.23. The molecule has 0 aliphatic heterocycles. The van der Waals surface area contributed by atoms with Crippen molar-refractivity contribution in [3.8, 4) is 0 Å². The number of carbonyl (C=O) groups excluding carboxylic acids is 1. The summed E-state index contributed by atoms with van der Waals surface area (Å²) in [6, 6.07) is 0.0180. The Hall–Kier alpha value is -1.36. The highest BCUT2D eigenvalue weighted by atomic mass is 16.2. The van der Waals surface area contributed by atoms with Crippen LogP contribution in [0.1, 0.15) is 56.6 Å². The second-order valence-electron chi connectivity index (χ2n) is 5.72. The largest absolute Gasteiger partial charge is 0.352 e. The third kappa shape index (κ3) is 4.07. The van der Waals surface area contributed by atoms with Crippen molar-refractivity contribution in [1.82, 2.24) is 20.4 Å². The molecule has 0 bridgehead atoms. The average molecular weight is 278 g/mol. The molecular weight excluding hydrogens is 252 g/mol. The molecule has 2 N–H and O–H groups in total. The first-order valence-corrected chi connectivity index (χ1v) is 7.67. The van der Waals surface area contributed by atoms with Crippen molar-refractivity contribution >= 4 is 5.91 Å². The Morgan fingerprint density at radius 2 is 1.95 bits per heavy atom. The number of hydrogen-bond acceptors (Lipinski definition) is 3. The van der Waals surface area contributed by atoms with E-state index in [0.717, 1.165) is 18.4 Å². The van der Waals surface area contributed by atoms with Gasteiger partial charge in [0, 0.05) is 24.8 Å². The van der Waals surface area contributed by atoms with Gasteiger partial charge in [0.15, 0.2) is 0 Å². The molecular formula is C15H26N4O. The number of amides is 1. The van der Waals surface area contributed by atoms with E-state index in [1.54, 1.807) is 10.9 Å². The second kappa shape index (κ2) is 7.43. The highest BCUT2D eigenvalue weighted by Gasteiger charge is 2.23. The van der Waals surface area contributed by atoms with Crippen molar-refractivity contribution in [2.24, 2.45) is 7.05 Å². The van der Waals surface area contributed by atoms with Crippen molar-refractivity contribution in [1.29, 1.82) is 0 Å². The van der Waals surface area contributed by atoms with Gasteiger partial charge in [-0.3, -0.25) is 9.48 Å². The normalized spacial score (nSPS) is 19.1. The van der Waals surface area contributed by atoms with Crippen molar-refractivity contribution in [3.63, 3.8) is 0 Å². The van der Waals surface area contributed by atoms with E-state index in [1.807, 2.05) is 20.3 Å². The van der Waals surface area contributed by atoms with Crippen molar-refractivity contribution in [2.45, 2.75) is 57.0 Å². The third-order valence-corrected chi connectivity index (χ3v) is 4.06. The molecule has 1 amide bonds. The zero-order valence-electron chi connectivity index (χ0n) is 12.6. The van der Waals surface area contributed by atoms with Crippen LogP contribution in [0.15, 0.2) is 12.4 Å². The molecule has 0 spiro atoms. The molecule has 1 aromatic heterocycles. The van der Waals surface area contributed by atoms with Gasteiger partial charge in [-0.2, -0.15) is 5.10 Å². The van der Waals surface area contributed by atoms with Crippen molar-refractivity contribution in [3.05, 3.63) is 18.0 Å². The number of aromatic nitrogens is 2. The Kier molecular flexibility index (Phi) is 5.59. The number of hydrogen-bond donors (Lipinski definition) is 2. The van der Waals surface area contributed by atoms with Gasteiger partial charge < -0.3 is 10.6 Å². The van der Waals surface area contributed by atoms with Crippen LogP contribution in [0.5, 0.6) is 0 Å². The minimum atomic E-state index is -0.311. The lowest BCUT2D eigenvalue weighted by Crippen LogP contribution is -2.42. The minimum Gasteiger partial charge on any atom is -0.352 e. The molecule has 1 saturated carbocycles. The van der Waals surface area contributed by atoms with Crippen LogP contribution in [0.2, 0.25) is 0 Å². The van der Waals surface area contributed by atoms with E-state index in [9.17, 15) is 4.79 Å². The van der Waals surface area contributed by atoms with Gasteiger partial charge in [0.1, 0.15) is 6.04 Å². The van der Waals surface area contributed by atoms with Crippen molar-refractivity contribution in [2.75, 3.05) is 7.05 Å². The fourth-order valence-corrected chi connectivity index (χ4v) is 2.92. The van der Waals surface area contributed by atoms with Crippen LogP contribution in [-0.2, 0) is 11.8 Å². The maximum Gasteiger partial charge on any atom is 0.242 e. The first-order valence-electron chi connectivity index (χ1n) is 7.67. The van der Waals surface area contributed by atoms with E-state index in [0.29, 0.717) is 6.04 Å². The Bertz CT molecular complexity index is 421. The summed E-state index contributed by atoms with van der Waals surface area (Å²) in [5, 5.41) is 10.4. The quantitative estimate of drug-likeness (QED) is 0.884. The molecule has 0 saturated heterocycles. The Balaban J connectivity index is 1.94. The fraction of sp³-hybridized carbons (Fsp3) is 0.733. The fourth-order valence-electron chi connectivity index (χ4n) is 2.92. The molecule has 1 aliphatic carbocycles. The van der Waals surface area contributed by atoms with Crippen LogP contribution >= 0.6 is 0 Å². The van der Waals surface area contributed by atoms with Crippen molar-refractivity contribution < 1.29 is 4.79 Å². The molecule has 0 radical (unpaired) electrons. The maximum atomic E-state index is 12.4. The SMILES string of the molecule is CNC(C(=O)NC1CCCCCCC1)c1cnn(C)c1. The molecule has 1 aliphatic rings. The van der Waals surface area contributed by atoms with Crippen LogP contribution in [0.3, 0.4) is 0 Å². The summed E-state index contributed by atoms with van der Waals surface area (Å²) in [5.41, 5.74) is 0.915. The predicted octanol–water partition coefficient (Wildman–Crippen LogP) is 1.91.